The summed E-state index contributed by atoms with van der Waals surface area (Å²) in [6.45, 7) is 2.57. The van der Waals surface area contributed by atoms with Gasteiger partial charge in [0.2, 0.25) is 0 Å². The van der Waals surface area contributed by atoms with Crippen LogP contribution in [-0.4, -0.2) is 35.0 Å². The van der Waals surface area contributed by atoms with Crippen LogP contribution in [0.25, 0.3) is 0 Å². The van der Waals surface area contributed by atoms with Crippen LogP contribution in [0.4, 0.5) is 0 Å². The maximum absolute atomic E-state index is 9.43. The second-order valence-electron chi connectivity index (χ2n) is 3.58. The minimum Gasteiger partial charge on any atom is -0.392 e. The molecular weight excluding hydrogens is 154 g/mol. The molecule has 0 bridgehead atoms. The van der Waals surface area contributed by atoms with Crippen LogP contribution >= 0.6 is 0 Å². The Kier molecular flexibility index (Phi) is 3.98. The summed E-state index contributed by atoms with van der Waals surface area (Å²) in [6.07, 6.45) is 3.35. The van der Waals surface area contributed by atoms with Crippen LogP contribution in [0.15, 0.2) is 0 Å². The Morgan fingerprint density at radius 2 is 2.25 bits per heavy atom. The molecule has 0 amide bonds. The molecule has 3 N–H and O–H groups in total. The number of hydrogen-bond donors (Lipinski definition) is 3. The van der Waals surface area contributed by atoms with Crippen molar-refractivity contribution in [3.05, 3.63) is 0 Å². The van der Waals surface area contributed by atoms with Crippen LogP contribution in [0.2, 0.25) is 0 Å². The highest BCUT2D eigenvalue weighted by atomic mass is 16.3. The van der Waals surface area contributed by atoms with Crippen molar-refractivity contribution in [3.8, 4) is 0 Å². The Morgan fingerprint density at radius 1 is 1.50 bits per heavy atom. The lowest BCUT2D eigenvalue weighted by atomic mass is 10.2. The monoisotopic (exact) mass is 173 g/mol. The average molecular weight is 173 g/mol. The zero-order valence-corrected chi connectivity index (χ0v) is 7.66. The molecule has 3 heteroatoms. The summed E-state index contributed by atoms with van der Waals surface area (Å²) in [4.78, 5) is 0. The Balaban J connectivity index is 2.13. The van der Waals surface area contributed by atoms with Crippen molar-refractivity contribution in [1.29, 1.82) is 0 Å². The molecule has 1 aliphatic rings. The van der Waals surface area contributed by atoms with Crippen molar-refractivity contribution < 1.29 is 10.2 Å². The zero-order valence-electron chi connectivity index (χ0n) is 7.66. The van der Waals surface area contributed by atoms with Crippen molar-refractivity contribution in [2.75, 3.05) is 6.54 Å². The molecule has 1 unspecified atom stereocenters. The normalized spacial score (nSPS) is 32.2. The van der Waals surface area contributed by atoms with E-state index in [0.29, 0.717) is 6.54 Å². The van der Waals surface area contributed by atoms with Crippen LogP contribution in [0.3, 0.4) is 0 Å². The molecule has 1 fully saturated rings. The first-order valence-electron chi connectivity index (χ1n) is 4.83. The first kappa shape index (κ1) is 9.96. The molecule has 0 aliphatic heterocycles. The van der Waals surface area contributed by atoms with Crippen LogP contribution < -0.4 is 5.32 Å². The molecule has 0 spiro atoms. The molecule has 3 nitrogen and oxygen atoms in total. The Bertz CT molecular complexity index is 130. The van der Waals surface area contributed by atoms with Crippen molar-refractivity contribution in [3.63, 3.8) is 0 Å². The van der Waals surface area contributed by atoms with E-state index < -0.39 is 0 Å². The summed E-state index contributed by atoms with van der Waals surface area (Å²) in [6, 6.07) is 0.214. The molecule has 0 saturated heterocycles. The molecule has 1 rings (SSSR count). The van der Waals surface area contributed by atoms with Gasteiger partial charge in [0, 0.05) is 12.6 Å². The molecule has 1 aliphatic carbocycles. The maximum Gasteiger partial charge on any atom is 0.0693 e. The van der Waals surface area contributed by atoms with E-state index in [0.717, 1.165) is 25.7 Å². The van der Waals surface area contributed by atoms with Crippen molar-refractivity contribution in [2.45, 2.75) is 50.9 Å². The van der Waals surface area contributed by atoms with Gasteiger partial charge in [0.05, 0.1) is 12.2 Å². The molecule has 0 heterocycles. The first-order chi connectivity index (χ1) is 5.74. The lowest BCUT2D eigenvalue weighted by molar-refractivity contribution is 0.125. The van der Waals surface area contributed by atoms with E-state index in [1.165, 1.54) is 0 Å². The summed E-state index contributed by atoms with van der Waals surface area (Å²) >= 11 is 0. The summed E-state index contributed by atoms with van der Waals surface area (Å²) in [5.74, 6) is 0. The molecule has 3 atom stereocenters. The molecule has 72 valence electrons. The van der Waals surface area contributed by atoms with Crippen molar-refractivity contribution in [2.24, 2.45) is 0 Å². The molecule has 0 aromatic rings. The van der Waals surface area contributed by atoms with Gasteiger partial charge in [-0.2, -0.15) is 0 Å². The fourth-order valence-electron chi connectivity index (χ4n) is 1.61. The lowest BCUT2D eigenvalue weighted by Crippen LogP contribution is -2.39. The van der Waals surface area contributed by atoms with Crippen molar-refractivity contribution >= 4 is 0 Å². The first-order valence-corrected chi connectivity index (χ1v) is 4.83. The number of nitrogens with one attached hydrogen (secondary N) is 1. The fourth-order valence-corrected chi connectivity index (χ4v) is 1.61. The SMILES string of the molecule is CCC(O)CN[C@H]1CCC[C@@H]1O. The highest BCUT2D eigenvalue weighted by Gasteiger charge is 2.24. The molecule has 0 radical (unpaired) electrons. The van der Waals surface area contributed by atoms with Gasteiger partial charge in [0.1, 0.15) is 0 Å². The Labute approximate surface area is 73.8 Å². The summed E-state index contributed by atoms with van der Waals surface area (Å²) < 4.78 is 0. The van der Waals surface area contributed by atoms with Crippen molar-refractivity contribution in [1.82, 2.24) is 5.32 Å². The second-order valence-corrected chi connectivity index (χ2v) is 3.58. The average Bonchev–Trinajstić information content (AvgIpc) is 2.47. The van der Waals surface area contributed by atoms with Gasteiger partial charge in [0.25, 0.3) is 0 Å². The lowest BCUT2D eigenvalue weighted by Gasteiger charge is -2.18. The summed E-state index contributed by atoms with van der Waals surface area (Å²) in [5.41, 5.74) is 0. The quantitative estimate of drug-likeness (QED) is 0.571. The van der Waals surface area contributed by atoms with Gasteiger partial charge < -0.3 is 15.5 Å². The summed E-state index contributed by atoms with van der Waals surface area (Å²) in [5, 5.41) is 21.9. The highest BCUT2D eigenvalue weighted by Crippen LogP contribution is 2.18. The third kappa shape index (κ3) is 2.73. The van der Waals surface area contributed by atoms with Crippen LogP contribution in [0.1, 0.15) is 32.6 Å². The molecule has 0 aromatic heterocycles. The van der Waals surface area contributed by atoms with Crippen LogP contribution in [0.5, 0.6) is 0 Å². The van der Waals surface area contributed by atoms with Gasteiger partial charge in [-0.3, -0.25) is 0 Å². The van der Waals surface area contributed by atoms with E-state index >= 15 is 0 Å². The fraction of sp³-hybridized carbons (Fsp3) is 1.00. The van der Waals surface area contributed by atoms with Gasteiger partial charge >= 0.3 is 0 Å². The van der Waals surface area contributed by atoms with Gasteiger partial charge in [0.15, 0.2) is 0 Å². The highest BCUT2D eigenvalue weighted by molar-refractivity contribution is 4.82. The smallest absolute Gasteiger partial charge is 0.0693 e. The van der Waals surface area contributed by atoms with E-state index in [2.05, 4.69) is 5.32 Å². The summed E-state index contributed by atoms with van der Waals surface area (Å²) in [7, 11) is 0. The predicted octanol–water partition coefficient (Wildman–Crippen LogP) is 0.260. The van der Waals surface area contributed by atoms with Gasteiger partial charge in [-0.05, 0) is 25.7 Å². The molecule has 0 aromatic carbocycles. The minimum atomic E-state index is -0.266. The molecule has 1 saturated carbocycles. The standard InChI is InChI=1S/C9H19NO2/c1-2-7(11)6-10-8-4-3-5-9(8)12/h7-12H,2-6H2,1H3/t7?,8-,9-/m0/s1. The number of aliphatic hydroxyl groups is 2. The number of hydrogen-bond acceptors (Lipinski definition) is 3. The Hall–Kier alpha value is -0.120. The van der Waals surface area contributed by atoms with Crippen LogP contribution in [0, 0.1) is 0 Å². The van der Waals surface area contributed by atoms with Gasteiger partial charge in [-0.15, -0.1) is 0 Å². The third-order valence-electron chi connectivity index (χ3n) is 2.57. The van der Waals surface area contributed by atoms with E-state index in [-0.39, 0.29) is 18.2 Å². The van der Waals surface area contributed by atoms with E-state index in [1.807, 2.05) is 6.92 Å². The predicted molar refractivity (Wildman–Crippen MR) is 47.9 cm³/mol. The topological polar surface area (TPSA) is 52.5 Å². The van der Waals surface area contributed by atoms with Crippen LogP contribution in [-0.2, 0) is 0 Å². The molecular formula is C9H19NO2. The van der Waals surface area contributed by atoms with Gasteiger partial charge in [-0.25, -0.2) is 0 Å². The Morgan fingerprint density at radius 3 is 2.75 bits per heavy atom. The molecule has 12 heavy (non-hydrogen) atoms. The largest absolute Gasteiger partial charge is 0.392 e. The zero-order chi connectivity index (χ0) is 8.97. The van der Waals surface area contributed by atoms with E-state index in [1.54, 1.807) is 0 Å². The number of aliphatic hydroxyl groups excluding tert-OH is 2. The number of rotatable bonds is 4. The van der Waals surface area contributed by atoms with Gasteiger partial charge in [-0.1, -0.05) is 6.92 Å². The van der Waals surface area contributed by atoms with E-state index in [9.17, 15) is 10.2 Å². The third-order valence-corrected chi connectivity index (χ3v) is 2.57. The van der Waals surface area contributed by atoms with E-state index in [4.69, 9.17) is 0 Å². The second kappa shape index (κ2) is 4.80. The minimum absolute atomic E-state index is 0.200. The maximum atomic E-state index is 9.43.